The van der Waals surface area contributed by atoms with Crippen molar-refractivity contribution in [2.45, 2.75) is 17.6 Å². The van der Waals surface area contributed by atoms with E-state index in [2.05, 4.69) is 5.32 Å². The van der Waals surface area contributed by atoms with E-state index in [1.165, 1.54) is 50.6 Å². The van der Waals surface area contributed by atoms with Gasteiger partial charge in [-0.1, -0.05) is 29.8 Å². The Hall–Kier alpha value is -3.08. The van der Waals surface area contributed by atoms with Crippen molar-refractivity contribution < 1.29 is 31.1 Å². The molecule has 0 bridgehead atoms. The first-order valence-corrected chi connectivity index (χ1v) is 11.6. The topological polar surface area (TPSA) is 75.7 Å². The summed E-state index contributed by atoms with van der Waals surface area (Å²) in [5.74, 6) is -0.342. The number of halogens is 4. The summed E-state index contributed by atoms with van der Waals surface area (Å²) >= 11 is 5.62. The quantitative estimate of drug-likeness (QED) is 0.457. The predicted octanol–water partition coefficient (Wildman–Crippen LogP) is 5.44. The number of hydrogen-bond acceptors (Lipinski definition) is 4. The van der Waals surface area contributed by atoms with E-state index in [-0.39, 0.29) is 22.7 Å². The number of ether oxygens (including phenoxy) is 1. The fourth-order valence-corrected chi connectivity index (χ4v) is 4.56. The van der Waals surface area contributed by atoms with Crippen molar-refractivity contribution >= 4 is 33.2 Å². The van der Waals surface area contributed by atoms with Crippen molar-refractivity contribution in [1.82, 2.24) is 4.31 Å². The number of sulfonamides is 1. The van der Waals surface area contributed by atoms with Gasteiger partial charge in [-0.05, 0) is 48.5 Å². The van der Waals surface area contributed by atoms with Crippen LogP contribution in [0.15, 0.2) is 71.6 Å². The highest BCUT2D eigenvalue weighted by atomic mass is 35.5. The van der Waals surface area contributed by atoms with E-state index < -0.39 is 32.7 Å². The maximum atomic E-state index is 13.1. The minimum absolute atomic E-state index is 0.0946. The molecular formula is C23H20ClF3N2O4S. The van der Waals surface area contributed by atoms with Crippen LogP contribution in [0.4, 0.5) is 18.9 Å². The molecule has 0 radical (unpaired) electrons. The molecule has 0 unspecified atom stereocenters. The maximum absolute atomic E-state index is 13.1. The second-order valence-electron chi connectivity index (χ2n) is 7.25. The molecule has 3 rings (SSSR count). The predicted molar refractivity (Wildman–Crippen MR) is 122 cm³/mol. The summed E-state index contributed by atoms with van der Waals surface area (Å²) < 4.78 is 71.4. The number of hydrogen-bond donors (Lipinski definition) is 1. The molecule has 6 nitrogen and oxygen atoms in total. The highest BCUT2D eigenvalue weighted by molar-refractivity contribution is 7.89. The van der Waals surface area contributed by atoms with Gasteiger partial charge in [-0.2, -0.15) is 17.5 Å². The van der Waals surface area contributed by atoms with E-state index in [0.29, 0.717) is 11.3 Å². The Morgan fingerprint density at radius 3 is 2.35 bits per heavy atom. The number of nitrogens with zero attached hydrogens (tertiary/aromatic N) is 1. The smallest absolute Gasteiger partial charge is 0.417 e. The first-order valence-electron chi connectivity index (χ1n) is 9.80. The van der Waals surface area contributed by atoms with Gasteiger partial charge >= 0.3 is 6.18 Å². The Bertz CT molecular complexity index is 1300. The van der Waals surface area contributed by atoms with Crippen molar-refractivity contribution in [2.75, 3.05) is 19.5 Å². The van der Waals surface area contributed by atoms with Crippen LogP contribution in [-0.2, 0) is 22.7 Å². The first-order chi connectivity index (χ1) is 15.9. The normalized spacial score (nSPS) is 12.0. The molecule has 0 aliphatic carbocycles. The van der Waals surface area contributed by atoms with Gasteiger partial charge < -0.3 is 10.1 Å². The molecular weight excluding hydrogens is 493 g/mol. The zero-order valence-electron chi connectivity index (χ0n) is 18.1. The number of anilines is 1. The van der Waals surface area contributed by atoms with Crippen LogP contribution in [0.5, 0.6) is 5.75 Å². The summed E-state index contributed by atoms with van der Waals surface area (Å²) in [7, 11) is -1.02. The lowest BCUT2D eigenvalue weighted by Crippen LogP contribution is -2.27. The van der Waals surface area contributed by atoms with Crippen LogP contribution in [0.2, 0.25) is 5.02 Å². The second kappa shape index (κ2) is 10.0. The minimum Gasteiger partial charge on any atom is -0.496 e. The average molecular weight is 513 g/mol. The lowest BCUT2D eigenvalue weighted by molar-refractivity contribution is -0.137. The van der Waals surface area contributed by atoms with E-state index in [0.717, 1.165) is 16.4 Å². The molecule has 11 heteroatoms. The Morgan fingerprint density at radius 1 is 1.06 bits per heavy atom. The molecule has 0 aliphatic heterocycles. The molecule has 0 atom stereocenters. The summed E-state index contributed by atoms with van der Waals surface area (Å²) in [6.07, 6.45) is -4.68. The van der Waals surface area contributed by atoms with Gasteiger partial charge in [0.1, 0.15) is 5.75 Å². The number of carbonyl (C=O) groups is 1. The number of nitrogens with one attached hydrogen (secondary N) is 1. The highest BCUT2D eigenvalue weighted by Gasteiger charge is 2.33. The summed E-state index contributed by atoms with van der Waals surface area (Å²) in [6.45, 7) is -0.110. The van der Waals surface area contributed by atoms with Crippen molar-refractivity contribution in [3.63, 3.8) is 0 Å². The Balaban J connectivity index is 1.86. The van der Waals surface area contributed by atoms with E-state index >= 15 is 0 Å². The molecule has 1 N–H and O–H groups in total. The summed E-state index contributed by atoms with van der Waals surface area (Å²) in [5, 5.41) is 1.92. The Kier molecular flexibility index (Phi) is 7.54. The SMILES string of the molecule is COc1ccc(C(=O)Nc2ccc(Cl)c(C(F)(F)F)c2)cc1CN(C)S(=O)(=O)c1ccccc1. The first kappa shape index (κ1) is 25.5. The van der Waals surface area contributed by atoms with Gasteiger partial charge in [0.05, 0.1) is 22.6 Å². The molecule has 0 aromatic heterocycles. The number of benzene rings is 3. The van der Waals surface area contributed by atoms with Crippen LogP contribution >= 0.6 is 11.6 Å². The van der Waals surface area contributed by atoms with Crippen LogP contribution < -0.4 is 10.1 Å². The number of rotatable bonds is 7. The number of alkyl halides is 3. The lowest BCUT2D eigenvalue weighted by Gasteiger charge is -2.19. The molecule has 0 aliphatic rings. The largest absolute Gasteiger partial charge is 0.496 e. The molecule has 34 heavy (non-hydrogen) atoms. The van der Waals surface area contributed by atoms with Gasteiger partial charge in [-0.15, -0.1) is 0 Å². The van der Waals surface area contributed by atoms with Crippen LogP contribution in [0.25, 0.3) is 0 Å². The van der Waals surface area contributed by atoms with Crippen molar-refractivity contribution in [2.24, 2.45) is 0 Å². The monoisotopic (exact) mass is 512 g/mol. The molecule has 0 saturated carbocycles. The second-order valence-corrected chi connectivity index (χ2v) is 9.70. The molecule has 0 spiro atoms. The Labute approximate surface area is 200 Å². The van der Waals surface area contributed by atoms with Gasteiger partial charge in [0.25, 0.3) is 5.91 Å². The third kappa shape index (κ3) is 5.69. The average Bonchev–Trinajstić information content (AvgIpc) is 2.80. The van der Waals surface area contributed by atoms with Crippen LogP contribution in [-0.4, -0.2) is 32.8 Å². The van der Waals surface area contributed by atoms with E-state index in [1.807, 2.05) is 0 Å². The molecule has 180 valence electrons. The fraction of sp³-hybridized carbons (Fsp3) is 0.174. The zero-order valence-corrected chi connectivity index (χ0v) is 19.6. The van der Waals surface area contributed by atoms with Crippen molar-refractivity contribution in [1.29, 1.82) is 0 Å². The molecule has 3 aromatic rings. The third-order valence-corrected chi connectivity index (χ3v) is 7.06. The molecule has 3 aromatic carbocycles. The molecule has 0 saturated heterocycles. The number of carbonyl (C=O) groups excluding carboxylic acids is 1. The molecule has 1 amide bonds. The number of methoxy groups -OCH3 is 1. The summed E-state index contributed by atoms with van der Waals surface area (Å²) in [4.78, 5) is 12.8. The maximum Gasteiger partial charge on any atom is 0.417 e. The van der Waals surface area contributed by atoms with Gasteiger partial charge in [0, 0.05) is 30.4 Å². The van der Waals surface area contributed by atoms with Gasteiger partial charge in [0.2, 0.25) is 10.0 Å². The fourth-order valence-electron chi connectivity index (χ4n) is 3.16. The standard InChI is InChI=1S/C23H20ClF3N2O4S/c1-29(34(31,32)18-6-4-3-5-7-18)14-16-12-15(8-11-21(16)33-2)22(30)28-17-9-10-20(24)19(13-17)23(25,26)27/h3-13H,14H2,1-2H3,(H,28,30). The van der Waals surface area contributed by atoms with Crippen LogP contribution in [0, 0.1) is 0 Å². The van der Waals surface area contributed by atoms with Gasteiger partial charge in [-0.25, -0.2) is 8.42 Å². The van der Waals surface area contributed by atoms with Gasteiger partial charge in [-0.3, -0.25) is 4.79 Å². The number of amides is 1. The van der Waals surface area contributed by atoms with Crippen LogP contribution in [0.1, 0.15) is 21.5 Å². The minimum atomic E-state index is -4.68. The zero-order chi connectivity index (χ0) is 25.1. The third-order valence-electron chi connectivity index (χ3n) is 4.92. The van der Waals surface area contributed by atoms with Crippen molar-refractivity contribution in [3.05, 3.63) is 88.4 Å². The Morgan fingerprint density at radius 2 is 1.74 bits per heavy atom. The van der Waals surface area contributed by atoms with Crippen LogP contribution in [0.3, 0.4) is 0 Å². The van der Waals surface area contributed by atoms with E-state index in [9.17, 15) is 26.4 Å². The van der Waals surface area contributed by atoms with Gasteiger partial charge in [0.15, 0.2) is 0 Å². The molecule has 0 fully saturated rings. The highest BCUT2D eigenvalue weighted by Crippen LogP contribution is 2.36. The van der Waals surface area contributed by atoms with E-state index in [1.54, 1.807) is 18.2 Å². The summed E-state index contributed by atoms with van der Waals surface area (Å²) in [6, 6.07) is 15.2. The van der Waals surface area contributed by atoms with E-state index in [4.69, 9.17) is 16.3 Å². The summed E-state index contributed by atoms with van der Waals surface area (Å²) in [5.41, 5.74) is -0.674. The molecule has 0 heterocycles. The lowest BCUT2D eigenvalue weighted by atomic mass is 10.1. The van der Waals surface area contributed by atoms with Crippen molar-refractivity contribution in [3.8, 4) is 5.75 Å².